The monoisotopic (exact) mass is 260 g/mol. The zero-order chi connectivity index (χ0) is 12.7. The highest BCUT2D eigenvalue weighted by Gasteiger charge is 2.19. The molecular weight excluding hydrogens is 248 g/mol. The van der Waals surface area contributed by atoms with E-state index in [2.05, 4.69) is 20.8 Å². The molecule has 0 radical (unpaired) electrons. The molecular formula is C8H12N4O4S. The molecule has 1 unspecified atom stereocenters. The molecule has 0 fully saturated rings. The molecule has 1 aromatic rings. The van der Waals surface area contributed by atoms with Crippen LogP contribution in [0, 0.1) is 0 Å². The molecule has 1 rings (SSSR count). The highest BCUT2D eigenvalue weighted by Crippen LogP contribution is 2.07. The molecule has 3 N–H and O–H groups in total. The molecule has 9 heteroatoms. The number of carboxylic acids is 1. The van der Waals surface area contributed by atoms with Crippen LogP contribution in [0.1, 0.15) is 6.42 Å². The normalized spacial score (nSPS) is 11.8. The summed E-state index contributed by atoms with van der Waals surface area (Å²) in [7, 11) is 1.46. The van der Waals surface area contributed by atoms with Gasteiger partial charge in [-0.15, -0.1) is 10.2 Å². The Bertz CT molecular complexity index is 370. The maximum absolute atomic E-state index is 11.4. The molecule has 17 heavy (non-hydrogen) atoms. The number of hydrogen-bond acceptors (Lipinski definition) is 6. The number of methoxy groups -OCH3 is 1. The Labute approximate surface area is 101 Å². The van der Waals surface area contributed by atoms with Gasteiger partial charge < -0.3 is 15.2 Å². The van der Waals surface area contributed by atoms with E-state index in [1.54, 1.807) is 0 Å². The maximum Gasteiger partial charge on any atom is 0.326 e. The van der Waals surface area contributed by atoms with Gasteiger partial charge in [-0.25, -0.2) is 9.59 Å². The second kappa shape index (κ2) is 6.76. The van der Waals surface area contributed by atoms with Crippen LogP contribution in [0.15, 0.2) is 5.51 Å². The number of carboxylic acid groups (broad SMARTS) is 1. The lowest BCUT2D eigenvalue weighted by atomic mass is 10.2. The molecule has 0 aliphatic heterocycles. The number of urea groups is 1. The summed E-state index contributed by atoms with van der Waals surface area (Å²) in [6.07, 6.45) is 0.190. The van der Waals surface area contributed by atoms with E-state index in [1.165, 1.54) is 12.6 Å². The predicted octanol–water partition coefficient (Wildman–Crippen LogP) is 0.149. The summed E-state index contributed by atoms with van der Waals surface area (Å²) in [6.45, 7) is 0.246. The Morgan fingerprint density at radius 2 is 2.41 bits per heavy atom. The number of nitrogens with one attached hydrogen (secondary N) is 2. The number of aromatic nitrogens is 2. The van der Waals surface area contributed by atoms with E-state index >= 15 is 0 Å². The van der Waals surface area contributed by atoms with E-state index in [-0.39, 0.29) is 13.0 Å². The predicted molar refractivity (Wildman–Crippen MR) is 60.0 cm³/mol. The molecule has 1 aromatic heterocycles. The van der Waals surface area contributed by atoms with Crippen LogP contribution in [0.5, 0.6) is 0 Å². The summed E-state index contributed by atoms with van der Waals surface area (Å²) in [5.74, 6) is -1.12. The van der Waals surface area contributed by atoms with Crippen molar-refractivity contribution in [2.45, 2.75) is 12.5 Å². The Morgan fingerprint density at radius 3 is 2.94 bits per heavy atom. The van der Waals surface area contributed by atoms with Crippen molar-refractivity contribution < 1.29 is 19.4 Å². The lowest BCUT2D eigenvalue weighted by Crippen LogP contribution is -2.43. The third-order valence-corrected chi connectivity index (χ3v) is 2.40. The van der Waals surface area contributed by atoms with Gasteiger partial charge in [-0.05, 0) is 0 Å². The van der Waals surface area contributed by atoms with Gasteiger partial charge in [-0.1, -0.05) is 11.3 Å². The van der Waals surface area contributed by atoms with Gasteiger partial charge in [0, 0.05) is 20.1 Å². The van der Waals surface area contributed by atoms with Gasteiger partial charge in [-0.3, -0.25) is 5.32 Å². The second-order valence-corrected chi connectivity index (χ2v) is 3.85. The summed E-state index contributed by atoms with van der Waals surface area (Å²) in [6, 6.07) is -1.63. The Hall–Kier alpha value is -1.74. The second-order valence-electron chi connectivity index (χ2n) is 3.01. The third kappa shape index (κ3) is 4.74. The van der Waals surface area contributed by atoms with E-state index < -0.39 is 18.0 Å². The number of anilines is 1. The number of carbonyl (C=O) groups is 2. The van der Waals surface area contributed by atoms with E-state index in [9.17, 15) is 9.59 Å². The zero-order valence-corrected chi connectivity index (χ0v) is 9.86. The fourth-order valence-electron chi connectivity index (χ4n) is 1.01. The number of amides is 2. The maximum atomic E-state index is 11.4. The van der Waals surface area contributed by atoms with Crippen molar-refractivity contribution in [3.8, 4) is 0 Å². The smallest absolute Gasteiger partial charge is 0.326 e. The number of carbonyl (C=O) groups excluding carboxylic acids is 1. The van der Waals surface area contributed by atoms with Gasteiger partial charge in [0.15, 0.2) is 0 Å². The molecule has 94 valence electrons. The minimum atomic E-state index is -1.12. The van der Waals surface area contributed by atoms with Crippen LogP contribution in [0.25, 0.3) is 0 Å². The van der Waals surface area contributed by atoms with Crippen LogP contribution in [0.4, 0.5) is 9.93 Å². The van der Waals surface area contributed by atoms with Crippen molar-refractivity contribution in [1.29, 1.82) is 0 Å². The van der Waals surface area contributed by atoms with E-state index in [0.717, 1.165) is 11.3 Å². The highest BCUT2D eigenvalue weighted by atomic mass is 32.1. The molecule has 1 heterocycles. The molecule has 0 bridgehead atoms. The van der Waals surface area contributed by atoms with Crippen molar-refractivity contribution in [3.05, 3.63) is 5.51 Å². The van der Waals surface area contributed by atoms with Gasteiger partial charge in [0.1, 0.15) is 11.6 Å². The van der Waals surface area contributed by atoms with Crippen LogP contribution >= 0.6 is 11.3 Å². The first-order chi connectivity index (χ1) is 8.13. The van der Waals surface area contributed by atoms with Gasteiger partial charge in [-0.2, -0.15) is 0 Å². The average Bonchev–Trinajstić information content (AvgIpc) is 2.76. The highest BCUT2D eigenvalue weighted by molar-refractivity contribution is 7.13. The fraction of sp³-hybridized carbons (Fsp3) is 0.500. The van der Waals surface area contributed by atoms with Crippen LogP contribution < -0.4 is 10.6 Å². The van der Waals surface area contributed by atoms with E-state index in [1.807, 2.05) is 0 Å². The minimum Gasteiger partial charge on any atom is -0.480 e. The van der Waals surface area contributed by atoms with Crippen molar-refractivity contribution in [2.75, 3.05) is 19.0 Å². The first kappa shape index (κ1) is 13.3. The summed E-state index contributed by atoms with van der Waals surface area (Å²) in [4.78, 5) is 22.2. The zero-order valence-electron chi connectivity index (χ0n) is 9.04. The average molecular weight is 260 g/mol. The largest absolute Gasteiger partial charge is 0.480 e. The standard InChI is InChI=1S/C8H12N4O4S/c1-16-3-2-5(6(13)14)10-7(15)11-8-12-9-4-17-8/h4-5H,2-3H2,1H3,(H,13,14)(H2,10,11,12,15). The molecule has 0 aromatic carbocycles. The van der Waals surface area contributed by atoms with Gasteiger partial charge in [0.05, 0.1) is 0 Å². The number of aliphatic carboxylic acids is 1. The summed E-state index contributed by atoms with van der Waals surface area (Å²) in [5, 5.41) is 21.0. The number of nitrogens with zero attached hydrogens (tertiary/aromatic N) is 2. The molecule has 2 amide bonds. The molecule has 0 saturated heterocycles. The number of ether oxygens (including phenoxy) is 1. The fourth-order valence-corrected chi connectivity index (χ4v) is 1.45. The van der Waals surface area contributed by atoms with Crippen molar-refractivity contribution in [1.82, 2.24) is 15.5 Å². The summed E-state index contributed by atoms with van der Waals surface area (Å²) in [5.41, 5.74) is 1.45. The Kier molecular flexibility index (Phi) is 5.30. The lowest BCUT2D eigenvalue weighted by Gasteiger charge is -2.13. The van der Waals surface area contributed by atoms with E-state index in [4.69, 9.17) is 9.84 Å². The molecule has 0 spiro atoms. The Morgan fingerprint density at radius 1 is 1.65 bits per heavy atom. The summed E-state index contributed by atoms with van der Waals surface area (Å²) >= 11 is 1.14. The van der Waals surface area contributed by atoms with Crippen molar-refractivity contribution in [3.63, 3.8) is 0 Å². The molecule has 0 aliphatic carbocycles. The van der Waals surface area contributed by atoms with Gasteiger partial charge in [0.25, 0.3) is 0 Å². The van der Waals surface area contributed by atoms with Crippen molar-refractivity contribution >= 4 is 28.5 Å². The quantitative estimate of drug-likeness (QED) is 0.671. The molecule has 8 nitrogen and oxygen atoms in total. The third-order valence-electron chi connectivity index (χ3n) is 1.79. The van der Waals surface area contributed by atoms with E-state index in [0.29, 0.717) is 5.13 Å². The van der Waals surface area contributed by atoms with Crippen LogP contribution in [0.3, 0.4) is 0 Å². The van der Waals surface area contributed by atoms with Gasteiger partial charge >= 0.3 is 12.0 Å². The number of hydrogen-bond donors (Lipinski definition) is 3. The van der Waals surface area contributed by atoms with Gasteiger partial charge in [0.2, 0.25) is 5.13 Å². The molecule has 0 saturated carbocycles. The lowest BCUT2D eigenvalue weighted by molar-refractivity contribution is -0.139. The Balaban J connectivity index is 2.43. The first-order valence-corrected chi connectivity index (χ1v) is 5.57. The van der Waals surface area contributed by atoms with Crippen molar-refractivity contribution in [2.24, 2.45) is 0 Å². The SMILES string of the molecule is COCCC(NC(=O)Nc1nncs1)C(=O)O. The molecule has 1 atom stereocenters. The molecule has 0 aliphatic rings. The number of rotatable bonds is 6. The minimum absolute atomic E-state index is 0.190. The first-order valence-electron chi connectivity index (χ1n) is 4.69. The van der Waals surface area contributed by atoms with Crippen LogP contribution in [-0.4, -0.2) is 47.1 Å². The summed E-state index contributed by atoms with van der Waals surface area (Å²) < 4.78 is 4.75. The van der Waals surface area contributed by atoms with Crippen LogP contribution in [-0.2, 0) is 9.53 Å². The van der Waals surface area contributed by atoms with Crippen LogP contribution in [0.2, 0.25) is 0 Å². The topological polar surface area (TPSA) is 113 Å².